The van der Waals surface area contributed by atoms with Crippen LogP contribution in [0, 0.1) is 13.8 Å². The lowest BCUT2D eigenvalue weighted by atomic mass is 10.0. The Labute approximate surface area is 118 Å². The maximum Gasteiger partial charge on any atom is 0.123 e. The van der Waals surface area contributed by atoms with E-state index in [1.807, 2.05) is 13.0 Å². The number of rotatable bonds is 5. The van der Waals surface area contributed by atoms with Gasteiger partial charge in [-0.15, -0.1) is 11.3 Å². The van der Waals surface area contributed by atoms with Crippen molar-refractivity contribution in [2.45, 2.75) is 33.4 Å². The van der Waals surface area contributed by atoms with Crippen molar-refractivity contribution in [2.75, 3.05) is 7.11 Å². The number of thiazole rings is 1. The zero-order valence-corrected chi connectivity index (χ0v) is 12.7. The van der Waals surface area contributed by atoms with Crippen LogP contribution in [-0.2, 0) is 6.54 Å². The van der Waals surface area contributed by atoms with Crippen LogP contribution in [0.3, 0.4) is 0 Å². The molecule has 1 atom stereocenters. The Morgan fingerprint density at radius 3 is 2.79 bits per heavy atom. The molecule has 0 aliphatic heterocycles. The van der Waals surface area contributed by atoms with Crippen LogP contribution in [0.25, 0.3) is 0 Å². The third kappa shape index (κ3) is 3.55. The van der Waals surface area contributed by atoms with E-state index >= 15 is 0 Å². The summed E-state index contributed by atoms with van der Waals surface area (Å²) in [6.45, 7) is 7.06. The highest BCUT2D eigenvalue weighted by Crippen LogP contribution is 2.26. The van der Waals surface area contributed by atoms with Crippen LogP contribution in [0.1, 0.15) is 34.8 Å². The summed E-state index contributed by atoms with van der Waals surface area (Å²) in [7, 11) is 1.71. The SMILES string of the molecule is COc1ccc(C)cc1C(C)NCc1nc(C)cs1. The van der Waals surface area contributed by atoms with Gasteiger partial charge in [0.25, 0.3) is 0 Å². The van der Waals surface area contributed by atoms with Crippen molar-refractivity contribution in [3.8, 4) is 5.75 Å². The van der Waals surface area contributed by atoms with Crippen LogP contribution in [-0.4, -0.2) is 12.1 Å². The van der Waals surface area contributed by atoms with Gasteiger partial charge in [-0.05, 0) is 26.8 Å². The molecule has 2 aromatic rings. The van der Waals surface area contributed by atoms with Crippen molar-refractivity contribution in [3.63, 3.8) is 0 Å². The predicted molar refractivity (Wildman–Crippen MR) is 79.8 cm³/mol. The van der Waals surface area contributed by atoms with Gasteiger partial charge < -0.3 is 10.1 Å². The lowest BCUT2D eigenvalue weighted by molar-refractivity contribution is 0.401. The molecule has 3 nitrogen and oxygen atoms in total. The average Bonchev–Trinajstić information content (AvgIpc) is 2.81. The zero-order valence-electron chi connectivity index (χ0n) is 11.9. The summed E-state index contributed by atoms with van der Waals surface area (Å²) in [6, 6.07) is 6.50. The molecule has 0 saturated carbocycles. The van der Waals surface area contributed by atoms with Crippen LogP contribution in [0.4, 0.5) is 0 Å². The molecule has 0 spiro atoms. The third-order valence-electron chi connectivity index (χ3n) is 3.08. The van der Waals surface area contributed by atoms with Gasteiger partial charge in [-0.3, -0.25) is 0 Å². The Balaban J connectivity index is 2.06. The highest BCUT2D eigenvalue weighted by Gasteiger charge is 2.11. The molecule has 0 saturated heterocycles. The maximum absolute atomic E-state index is 5.42. The van der Waals surface area contributed by atoms with E-state index in [0.29, 0.717) is 0 Å². The fourth-order valence-corrected chi connectivity index (χ4v) is 2.75. The van der Waals surface area contributed by atoms with Crippen LogP contribution in [0.15, 0.2) is 23.6 Å². The van der Waals surface area contributed by atoms with Gasteiger partial charge in [-0.1, -0.05) is 17.7 Å². The molecule has 0 aliphatic carbocycles. The van der Waals surface area contributed by atoms with Gasteiger partial charge in [0, 0.05) is 29.2 Å². The second-order valence-electron chi connectivity index (χ2n) is 4.73. The second-order valence-corrected chi connectivity index (χ2v) is 5.67. The van der Waals surface area contributed by atoms with Crippen molar-refractivity contribution >= 4 is 11.3 Å². The molecule has 0 amide bonds. The van der Waals surface area contributed by atoms with E-state index in [0.717, 1.165) is 23.0 Å². The number of ether oxygens (including phenoxy) is 1. The van der Waals surface area contributed by atoms with Gasteiger partial charge in [0.15, 0.2) is 0 Å². The van der Waals surface area contributed by atoms with Gasteiger partial charge >= 0.3 is 0 Å². The van der Waals surface area contributed by atoms with E-state index < -0.39 is 0 Å². The number of aryl methyl sites for hydroxylation is 2. The molecule has 2 rings (SSSR count). The second kappa shape index (κ2) is 6.17. The largest absolute Gasteiger partial charge is 0.496 e. The van der Waals surface area contributed by atoms with Crippen LogP contribution < -0.4 is 10.1 Å². The van der Waals surface area contributed by atoms with Gasteiger partial charge in [0.2, 0.25) is 0 Å². The molecule has 0 radical (unpaired) electrons. The minimum Gasteiger partial charge on any atom is -0.496 e. The summed E-state index contributed by atoms with van der Waals surface area (Å²) < 4.78 is 5.42. The summed E-state index contributed by atoms with van der Waals surface area (Å²) in [5.41, 5.74) is 3.52. The molecule has 1 unspecified atom stereocenters. The molecule has 102 valence electrons. The first kappa shape index (κ1) is 14.0. The summed E-state index contributed by atoms with van der Waals surface area (Å²) in [6.07, 6.45) is 0. The van der Waals surface area contributed by atoms with E-state index in [4.69, 9.17) is 4.74 Å². The van der Waals surface area contributed by atoms with Crippen molar-refractivity contribution < 1.29 is 4.74 Å². The minimum absolute atomic E-state index is 0.235. The highest BCUT2D eigenvalue weighted by atomic mass is 32.1. The monoisotopic (exact) mass is 276 g/mol. The molecule has 0 aliphatic rings. The molecule has 4 heteroatoms. The first-order valence-electron chi connectivity index (χ1n) is 6.39. The first-order valence-corrected chi connectivity index (χ1v) is 7.27. The summed E-state index contributed by atoms with van der Waals surface area (Å²) >= 11 is 1.69. The summed E-state index contributed by atoms with van der Waals surface area (Å²) in [4.78, 5) is 4.46. The van der Waals surface area contributed by atoms with Crippen LogP contribution >= 0.6 is 11.3 Å². The predicted octanol–water partition coefficient (Wildman–Crippen LogP) is 3.62. The number of benzene rings is 1. The fraction of sp³-hybridized carbons (Fsp3) is 0.400. The lowest BCUT2D eigenvalue weighted by Crippen LogP contribution is -2.18. The molecule has 1 aromatic carbocycles. The van der Waals surface area contributed by atoms with Gasteiger partial charge in [0.1, 0.15) is 10.8 Å². The quantitative estimate of drug-likeness (QED) is 0.905. The van der Waals surface area contributed by atoms with Crippen molar-refractivity contribution in [1.29, 1.82) is 0 Å². The average molecular weight is 276 g/mol. The van der Waals surface area contributed by atoms with E-state index in [-0.39, 0.29) is 6.04 Å². The van der Waals surface area contributed by atoms with Crippen LogP contribution in [0.2, 0.25) is 0 Å². The molecule has 1 heterocycles. The van der Waals surface area contributed by atoms with E-state index in [9.17, 15) is 0 Å². The van der Waals surface area contributed by atoms with Gasteiger partial charge in [-0.25, -0.2) is 4.98 Å². The Hall–Kier alpha value is -1.39. The first-order chi connectivity index (χ1) is 9.10. The normalized spacial score (nSPS) is 12.4. The molecule has 1 aromatic heterocycles. The Bertz CT molecular complexity index is 551. The topological polar surface area (TPSA) is 34.1 Å². The zero-order chi connectivity index (χ0) is 13.8. The molecule has 0 bridgehead atoms. The molecular weight excluding hydrogens is 256 g/mol. The summed E-state index contributed by atoms with van der Waals surface area (Å²) in [5.74, 6) is 0.931. The molecule has 19 heavy (non-hydrogen) atoms. The standard InChI is InChI=1S/C15H20N2OS/c1-10-5-6-14(18-4)13(7-10)12(3)16-8-15-17-11(2)9-19-15/h5-7,9,12,16H,8H2,1-4H3. The number of methoxy groups -OCH3 is 1. The van der Waals surface area contributed by atoms with E-state index in [2.05, 4.69) is 41.7 Å². The van der Waals surface area contributed by atoms with Crippen LogP contribution in [0.5, 0.6) is 5.75 Å². The number of nitrogens with zero attached hydrogens (tertiary/aromatic N) is 1. The number of hydrogen-bond acceptors (Lipinski definition) is 4. The van der Waals surface area contributed by atoms with Gasteiger partial charge in [-0.2, -0.15) is 0 Å². The lowest BCUT2D eigenvalue weighted by Gasteiger charge is -2.17. The number of aromatic nitrogens is 1. The summed E-state index contributed by atoms with van der Waals surface area (Å²) in [5, 5.41) is 6.70. The Kier molecular flexibility index (Phi) is 4.56. The Morgan fingerprint density at radius 2 is 2.16 bits per heavy atom. The number of hydrogen-bond donors (Lipinski definition) is 1. The third-order valence-corrected chi connectivity index (χ3v) is 4.04. The number of nitrogens with one attached hydrogen (secondary N) is 1. The van der Waals surface area contributed by atoms with Gasteiger partial charge in [0.05, 0.1) is 7.11 Å². The highest BCUT2D eigenvalue weighted by molar-refractivity contribution is 7.09. The molecule has 0 fully saturated rings. The molecular formula is C15H20N2OS. The van der Waals surface area contributed by atoms with E-state index in [1.165, 1.54) is 11.1 Å². The Morgan fingerprint density at radius 1 is 1.37 bits per heavy atom. The van der Waals surface area contributed by atoms with E-state index in [1.54, 1.807) is 18.4 Å². The smallest absolute Gasteiger partial charge is 0.123 e. The van der Waals surface area contributed by atoms with Crippen molar-refractivity contribution in [3.05, 3.63) is 45.4 Å². The molecule has 1 N–H and O–H groups in total. The minimum atomic E-state index is 0.235. The fourth-order valence-electron chi connectivity index (χ4n) is 2.03. The maximum atomic E-state index is 5.42. The van der Waals surface area contributed by atoms with Crippen molar-refractivity contribution in [2.24, 2.45) is 0 Å². The van der Waals surface area contributed by atoms with Crippen molar-refractivity contribution in [1.82, 2.24) is 10.3 Å².